The number of rotatable bonds is 5. The Morgan fingerprint density at radius 2 is 1.57 bits per heavy atom. The minimum atomic E-state index is -4.28. The molecule has 0 aliphatic carbocycles. The summed E-state index contributed by atoms with van der Waals surface area (Å²) in [7, 11) is 0. The molecule has 1 aromatic carbocycles. The molecule has 120 valence electrons. The Hall–Kier alpha value is -1.03. The third-order valence-electron chi connectivity index (χ3n) is 3.45. The van der Waals surface area contributed by atoms with Gasteiger partial charge < -0.3 is 5.73 Å². The molecule has 0 amide bonds. The molecule has 4 heteroatoms. The zero-order chi connectivity index (χ0) is 16.3. The highest BCUT2D eigenvalue weighted by atomic mass is 19.4. The molecule has 0 saturated heterocycles. The standard InChI is InChI=1S/C17H26F3N/c1-12(11-16(2,3)4)9-15(21)10-13-5-7-14(8-6-13)17(18,19)20/h5-8,12,15H,9-11,21H2,1-4H3. The summed E-state index contributed by atoms with van der Waals surface area (Å²) in [6.45, 7) is 8.78. The first-order chi connectivity index (χ1) is 9.47. The lowest BCUT2D eigenvalue weighted by atomic mass is 9.82. The maximum atomic E-state index is 12.5. The summed E-state index contributed by atoms with van der Waals surface area (Å²) >= 11 is 0. The number of alkyl halides is 3. The fourth-order valence-corrected chi connectivity index (χ4v) is 2.86. The van der Waals surface area contributed by atoms with E-state index < -0.39 is 11.7 Å². The van der Waals surface area contributed by atoms with E-state index in [4.69, 9.17) is 5.73 Å². The summed E-state index contributed by atoms with van der Waals surface area (Å²) in [6.07, 6.45) is -1.68. The average molecular weight is 301 g/mol. The van der Waals surface area contributed by atoms with Gasteiger partial charge in [-0.25, -0.2) is 0 Å². The van der Waals surface area contributed by atoms with Crippen LogP contribution in [0.15, 0.2) is 24.3 Å². The van der Waals surface area contributed by atoms with Crippen molar-refractivity contribution in [1.82, 2.24) is 0 Å². The highest BCUT2D eigenvalue weighted by molar-refractivity contribution is 5.25. The molecule has 0 aromatic heterocycles. The zero-order valence-electron chi connectivity index (χ0n) is 13.3. The fourth-order valence-electron chi connectivity index (χ4n) is 2.86. The lowest BCUT2D eigenvalue weighted by molar-refractivity contribution is -0.137. The highest BCUT2D eigenvalue weighted by Gasteiger charge is 2.30. The fraction of sp³-hybridized carbons (Fsp3) is 0.647. The molecule has 0 saturated carbocycles. The Bertz CT molecular complexity index is 429. The molecule has 1 rings (SSSR count). The number of hydrogen-bond donors (Lipinski definition) is 1. The molecule has 1 aromatic rings. The molecule has 0 spiro atoms. The Balaban J connectivity index is 2.53. The minimum Gasteiger partial charge on any atom is -0.327 e. The van der Waals surface area contributed by atoms with Crippen LogP contribution in [-0.4, -0.2) is 6.04 Å². The molecule has 1 nitrogen and oxygen atoms in total. The van der Waals surface area contributed by atoms with Gasteiger partial charge in [0.1, 0.15) is 0 Å². The quantitative estimate of drug-likeness (QED) is 0.810. The number of nitrogens with two attached hydrogens (primary N) is 1. The lowest BCUT2D eigenvalue weighted by Gasteiger charge is -2.25. The molecule has 0 radical (unpaired) electrons. The molecule has 2 unspecified atom stereocenters. The molecule has 0 aliphatic rings. The Kier molecular flexibility index (Phi) is 5.85. The molecule has 2 N–H and O–H groups in total. The smallest absolute Gasteiger partial charge is 0.327 e. The summed E-state index contributed by atoms with van der Waals surface area (Å²) in [5.41, 5.74) is 6.65. The van der Waals surface area contributed by atoms with E-state index in [2.05, 4.69) is 27.7 Å². The first kappa shape index (κ1) is 18.0. The summed E-state index contributed by atoms with van der Waals surface area (Å²) in [6, 6.07) is 5.29. The maximum absolute atomic E-state index is 12.5. The van der Waals surface area contributed by atoms with Crippen LogP contribution in [0.25, 0.3) is 0 Å². The van der Waals surface area contributed by atoms with Gasteiger partial charge in [-0.05, 0) is 48.3 Å². The minimum absolute atomic E-state index is 0.0147. The van der Waals surface area contributed by atoms with Gasteiger partial charge in [-0.2, -0.15) is 13.2 Å². The van der Waals surface area contributed by atoms with E-state index in [1.165, 1.54) is 12.1 Å². The van der Waals surface area contributed by atoms with Crippen LogP contribution in [0.2, 0.25) is 0 Å². The average Bonchev–Trinajstić information content (AvgIpc) is 2.25. The van der Waals surface area contributed by atoms with Crippen molar-refractivity contribution in [3.05, 3.63) is 35.4 Å². The van der Waals surface area contributed by atoms with Crippen molar-refractivity contribution in [1.29, 1.82) is 0 Å². The summed E-state index contributed by atoms with van der Waals surface area (Å²) in [5, 5.41) is 0. The van der Waals surface area contributed by atoms with Crippen molar-refractivity contribution in [2.45, 2.75) is 59.2 Å². The zero-order valence-corrected chi connectivity index (χ0v) is 13.3. The van der Waals surface area contributed by atoms with E-state index in [1.54, 1.807) is 0 Å². The van der Waals surface area contributed by atoms with Crippen molar-refractivity contribution in [2.75, 3.05) is 0 Å². The Labute approximate surface area is 125 Å². The van der Waals surface area contributed by atoms with E-state index >= 15 is 0 Å². The second-order valence-corrected chi connectivity index (χ2v) is 7.26. The molecule has 0 fully saturated rings. The van der Waals surface area contributed by atoms with Gasteiger partial charge in [0.05, 0.1) is 5.56 Å². The van der Waals surface area contributed by atoms with Gasteiger partial charge in [-0.3, -0.25) is 0 Å². The molecule has 0 bridgehead atoms. The SMILES string of the molecule is CC(CC(N)Cc1ccc(C(F)(F)F)cc1)CC(C)(C)C. The molecule has 0 aliphatic heterocycles. The maximum Gasteiger partial charge on any atom is 0.416 e. The topological polar surface area (TPSA) is 26.0 Å². The number of hydrogen-bond acceptors (Lipinski definition) is 1. The third kappa shape index (κ3) is 6.98. The van der Waals surface area contributed by atoms with Crippen molar-refractivity contribution >= 4 is 0 Å². The van der Waals surface area contributed by atoms with Gasteiger partial charge in [0.25, 0.3) is 0 Å². The molecular formula is C17H26F3N. The van der Waals surface area contributed by atoms with Crippen LogP contribution >= 0.6 is 0 Å². The lowest BCUT2D eigenvalue weighted by Crippen LogP contribution is -2.26. The van der Waals surface area contributed by atoms with E-state index in [9.17, 15) is 13.2 Å². The van der Waals surface area contributed by atoms with Crippen LogP contribution in [0.5, 0.6) is 0 Å². The van der Waals surface area contributed by atoms with Crippen molar-refractivity contribution in [3.63, 3.8) is 0 Å². The predicted octanol–water partition coefficient (Wildman–Crippen LogP) is 5.04. The van der Waals surface area contributed by atoms with Crippen molar-refractivity contribution < 1.29 is 13.2 Å². The van der Waals surface area contributed by atoms with Crippen LogP contribution in [0.3, 0.4) is 0 Å². The van der Waals surface area contributed by atoms with Crippen molar-refractivity contribution in [3.8, 4) is 0 Å². The first-order valence-electron chi connectivity index (χ1n) is 7.39. The molecule has 0 heterocycles. The van der Waals surface area contributed by atoms with E-state index in [1.807, 2.05) is 0 Å². The summed E-state index contributed by atoms with van der Waals surface area (Å²) in [5.74, 6) is 0.509. The number of benzene rings is 1. The van der Waals surface area contributed by atoms with Gasteiger partial charge in [-0.15, -0.1) is 0 Å². The van der Waals surface area contributed by atoms with Crippen molar-refractivity contribution in [2.24, 2.45) is 17.1 Å². The van der Waals surface area contributed by atoms with Gasteiger partial charge in [0.15, 0.2) is 0 Å². The van der Waals surface area contributed by atoms with Gasteiger partial charge in [0.2, 0.25) is 0 Å². The Morgan fingerprint density at radius 3 is 2.00 bits per heavy atom. The van der Waals surface area contributed by atoms with Crippen LogP contribution in [-0.2, 0) is 12.6 Å². The van der Waals surface area contributed by atoms with Gasteiger partial charge in [-0.1, -0.05) is 39.8 Å². The van der Waals surface area contributed by atoms with E-state index in [0.717, 1.165) is 30.5 Å². The monoisotopic (exact) mass is 301 g/mol. The highest BCUT2D eigenvalue weighted by Crippen LogP contribution is 2.30. The van der Waals surface area contributed by atoms with E-state index in [0.29, 0.717) is 12.3 Å². The second-order valence-electron chi connectivity index (χ2n) is 7.26. The first-order valence-corrected chi connectivity index (χ1v) is 7.39. The number of halogens is 3. The second kappa shape index (κ2) is 6.82. The normalized spacial score (nSPS) is 15.8. The third-order valence-corrected chi connectivity index (χ3v) is 3.45. The van der Waals surface area contributed by atoms with Crippen LogP contribution in [0.4, 0.5) is 13.2 Å². The molecule has 21 heavy (non-hydrogen) atoms. The van der Waals surface area contributed by atoms with Crippen LogP contribution < -0.4 is 5.73 Å². The summed E-state index contributed by atoms with van der Waals surface area (Å²) in [4.78, 5) is 0. The molecular weight excluding hydrogens is 275 g/mol. The molecule has 2 atom stereocenters. The Morgan fingerprint density at radius 1 is 1.05 bits per heavy atom. The van der Waals surface area contributed by atoms with E-state index in [-0.39, 0.29) is 11.5 Å². The van der Waals surface area contributed by atoms with Gasteiger partial charge >= 0.3 is 6.18 Å². The van der Waals surface area contributed by atoms with Gasteiger partial charge in [0, 0.05) is 6.04 Å². The largest absolute Gasteiger partial charge is 0.416 e. The van der Waals surface area contributed by atoms with Crippen LogP contribution in [0.1, 0.15) is 51.7 Å². The predicted molar refractivity (Wildman–Crippen MR) is 81.0 cm³/mol. The summed E-state index contributed by atoms with van der Waals surface area (Å²) < 4.78 is 37.5. The van der Waals surface area contributed by atoms with Crippen LogP contribution in [0, 0.1) is 11.3 Å².